The van der Waals surface area contributed by atoms with Gasteiger partial charge in [0.05, 0.1) is 0 Å². The quantitative estimate of drug-likeness (QED) is 0.702. The summed E-state index contributed by atoms with van der Waals surface area (Å²) in [4.78, 5) is 0. The van der Waals surface area contributed by atoms with Crippen LogP contribution in [0, 0.1) is 6.92 Å². The molecule has 0 aliphatic heterocycles. The van der Waals surface area contributed by atoms with Gasteiger partial charge in [0.25, 0.3) is 0 Å². The van der Waals surface area contributed by atoms with Gasteiger partial charge in [-0.05, 0) is 24.5 Å². The Morgan fingerprint density at radius 2 is 2.18 bits per heavy atom. The maximum atomic E-state index is 3.92. The lowest BCUT2D eigenvalue weighted by atomic mass is 10.1. The maximum Gasteiger partial charge on any atom is 0.0239 e. The molecule has 0 unspecified atom stereocenters. The number of halogens is 1. The predicted molar refractivity (Wildman–Crippen MR) is 52.6 cm³/mol. The van der Waals surface area contributed by atoms with Crippen LogP contribution in [0.2, 0.25) is 0 Å². The fourth-order valence-corrected chi connectivity index (χ4v) is 1.56. The molecule has 0 N–H and O–H groups in total. The molecular formula is C10H12Br. The molecule has 0 saturated heterocycles. The summed E-state index contributed by atoms with van der Waals surface area (Å²) < 4.78 is 1.17. The lowest BCUT2D eigenvalue weighted by molar-refractivity contribution is 0.916. The van der Waals surface area contributed by atoms with Crippen LogP contribution in [0.3, 0.4) is 0 Å². The molecule has 0 saturated carbocycles. The van der Waals surface area contributed by atoms with E-state index in [2.05, 4.69) is 41.9 Å². The van der Waals surface area contributed by atoms with E-state index in [9.17, 15) is 0 Å². The van der Waals surface area contributed by atoms with Crippen LogP contribution in [-0.2, 0) is 6.42 Å². The van der Waals surface area contributed by atoms with Crippen LogP contribution in [0.4, 0.5) is 0 Å². The van der Waals surface area contributed by atoms with Crippen LogP contribution in [0.5, 0.6) is 0 Å². The first kappa shape index (κ1) is 8.79. The molecule has 1 rings (SSSR count). The van der Waals surface area contributed by atoms with Gasteiger partial charge in [0.15, 0.2) is 0 Å². The van der Waals surface area contributed by atoms with Crippen molar-refractivity contribution in [2.75, 3.05) is 0 Å². The number of benzene rings is 1. The molecule has 0 amide bonds. The van der Waals surface area contributed by atoms with E-state index in [0.29, 0.717) is 0 Å². The molecule has 59 valence electrons. The first-order valence-electron chi connectivity index (χ1n) is 3.85. The Balaban J connectivity index is 2.96. The van der Waals surface area contributed by atoms with E-state index in [1.165, 1.54) is 16.5 Å². The molecule has 0 nitrogen and oxygen atoms in total. The highest BCUT2D eigenvalue weighted by Gasteiger charge is 1.99. The summed E-state index contributed by atoms with van der Waals surface area (Å²) in [6.07, 6.45) is 2.31. The molecule has 1 radical (unpaired) electrons. The highest BCUT2D eigenvalue weighted by molar-refractivity contribution is 9.10. The fourth-order valence-electron chi connectivity index (χ4n) is 1.10. The lowest BCUT2D eigenvalue weighted by Crippen LogP contribution is -1.86. The van der Waals surface area contributed by atoms with Crippen molar-refractivity contribution in [3.8, 4) is 0 Å². The van der Waals surface area contributed by atoms with E-state index in [4.69, 9.17) is 0 Å². The summed E-state index contributed by atoms with van der Waals surface area (Å²) in [5.41, 5.74) is 2.44. The first-order valence-corrected chi connectivity index (χ1v) is 4.64. The predicted octanol–water partition coefficient (Wildman–Crippen LogP) is 3.58. The van der Waals surface area contributed by atoms with E-state index in [-0.39, 0.29) is 0 Å². The summed E-state index contributed by atoms with van der Waals surface area (Å²) >= 11 is 3.52. The monoisotopic (exact) mass is 211 g/mol. The van der Waals surface area contributed by atoms with E-state index in [1.807, 2.05) is 6.07 Å². The minimum atomic E-state index is 1.08. The molecule has 0 bridgehead atoms. The summed E-state index contributed by atoms with van der Waals surface area (Å²) in [6, 6.07) is 6.21. The number of hydrogen-bond acceptors (Lipinski definition) is 0. The lowest BCUT2D eigenvalue weighted by Gasteiger charge is -2.04. The fraction of sp³-hybridized carbons (Fsp3) is 0.300. The Hall–Kier alpha value is -0.300. The van der Waals surface area contributed by atoms with E-state index in [1.54, 1.807) is 0 Å². The van der Waals surface area contributed by atoms with Crippen LogP contribution in [0.25, 0.3) is 0 Å². The third-order valence-corrected chi connectivity index (χ3v) is 2.70. The zero-order chi connectivity index (χ0) is 8.27. The Bertz CT molecular complexity index is 241. The molecule has 0 atom stereocenters. The number of hydrogen-bond donors (Lipinski definition) is 0. The third kappa shape index (κ3) is 2.06. The van der Waals surface area contributed by atoms with Crippen LogP contribution in [-0.4, -0.2) is 0 Å². The van der Waals surface area contributed by atoms with Crippen molar-refractivity contribution in [1.82, 2.24) is 0 Å². The molecular weight excluding hydrogens is 200 g/mol. The van der Waals surface area contributed by atoms with E-state index >= 15 is 0 Å². The summed E-state index contributed by atoms with van der Waals surface area (Å²) in [5.74, 6) is 0. The topological polar surface area (TPSA) is 0 Å². The van der Waals surface area contributed by atoms with Crippen LogP contribution < -0.4 is 0 Å². The molecule has 0 aliphatic rings. The van der Waals surface area contributed by atoms with Gasteiger partial charge in [-0.3, -0.25) is 0 Å². The maximum absolute atomic E-state index is 3.92. The largest absolute Gasteiger partial charge is 0.0651 e. The van der Waals surface area contributed by atoms with Crippen molar-refractivity contribution >= 4 is 15.9 Å². The normalized spacial score (nSPS) is 10.1. The second-order valence-corrected chi connectivity index (χ2v) is 3.43. The SMILES string of the molecule is [CH2]c1cccc(CCC)c1Br. The average Bonchev–Trinajstić information content (AvgIpc) is 1.99. The van der Waals surface area contributed by atoms with Gasteiger partial charge in [0.1, 0.15) is 0 Å². The highest BCUT2D eigenvalue weighted by Crippen LogP contribution is 2.21. The molecule has 1 heteroatoms. The summed E-state index contributed by atoms with van der Waals surface area (Å²) in [5, 5.41) is 0. The Kier molecular flexibility index (Phi) is 3.13. The first-order chi connectivity index (χ1) is 5.25. The van der Waals surface area contributed by atoms with Crippen molar-refractivity contribution in [1.29, 1.82) is 0 Å². The third-order valence-electron chi connectivity index (χ3n) is 1.68. The van der Waals surface area contributed by atoms with Crippen LogP contribution in [0.1, 0.15) is 24.5 Å². The standard InChI is InChI=1S/C10H12Br/c1-3-5-9-7-4-6-8(2)10(9)11/h4,6-7H,2-3,5H2,1H3. The van der Waals surface area contributed by atoms with Gasteiger partial charge in [-0.1, -0.05) is 47.5 Å². The van der Waals surface area contributed by atoms with Gasteiger partial charge in [0, 0.05) is 4.47 Å². The van der Waals surface area contributed by atoms with Gasteiger partial charge in [-0.15, -0.1) is 0 Å². The Labute approximate surface area is 76.8 Å². The average molecular weight is 212 g/mol. The minimum Gasteiger partial charge on any atom is -0.0651 e. The van der Waals surface area contributed by atoms with E-state index < -0.39 is 0 Å². The van der Waals surface area contributed by atoms with Gasteiger partial charge in [-0.2, -0.15) is 0 Å². The van der Waals surface area contributed by atoms with Crippen LogP contribution in [0.15, 0.2) is 22.7 Å². The van der Waals surface area contributed by atoms with Gasteiger partial charge < -0.3 is 0 Å². The molecule has 0 aromatic heterocycles. The highest BCUT2D eigenvalue weighted by atomic mass is 79.9. The van der Waals surface area contributed by atoms with E-state index in [0.717, 1.165) is 12.0 Å². The Morgan fingerprint density at radius 3 is 2.82 bits per heavy atom. The second-order valence-electron chi connectivity index (χ2n) is 2.64. The second kappa shape index (κ2) is 3.91. The molecule has 1 aromatic rings. The van der Waals surface area contributed by atoms with Gasteiger partial charge in [-0.25, -0.2) is 0 Å². The molecule has 11 heavy (non-hydrogen) atoms. The number of rotatable bonds is 2. The molecule has 0 heterocycles. The zero-order valence-electron chi connectivity index (χ0n) is 6.73. The molecule has 1 aromatic carbocycles. The van der Waals surface area contributed by atoms with Crippen molar-refractivity contribution in [2.24, 2.45) is 0 Å². The van der Waals surface area contributed by atoms with Crippen molar-refractivity contribution in [2.45, 2.75) is 19.8 Å². The van der Waals surface area contributed by atoms with Crippen molar-refractivity contribution in [3.63, 3.8) is 0 Å². The zero-order valence-corrected chi connectivity index (χ0v) is 8.32. The van der Waals surface area contributed by atoms with Crippen molar-refractivity contribution < 1.29 is 0 Å². The minimum absolute atomic E-state index is 1.08. The number of aryl methyl sites for hydroxylation is 1. The van der Waals surface area contributed by atoms with Gasteiger partial charge in [0.2, 0.25) is 0 Å². The van der Waals surface area contributed by atoms with Crippen molar-refractivity contribution in [3.05, 3.63) is 40.7 Å². The van der Waals surface area contributed by atoms with Gasteiger partial charge >= 0.3 is 0 Å². The Morgan fingerprint density at radius 1 is 1.45 bits per heavy atom. The smallest absolute Gasteiger partial charge is 0.0239 e. The summed E-state index contributed by atoms with van der Waals surface area (Å²) in [6.45, 7) is 6.10. The summed E-state index contributed by atoms with van der Waals surface area (Å²) in [7, 11) is 0. The molecule has 0 fully saturated rings. The van der Waals surface area contributed by atoms with Crippen LogP contribution >= 0.6 is 15.9 Å². The molecule has 0 spiro atoms. The molecule has 0 aliphatic carbocycles.